The quantitative estimate of drug-likeness (QED) is 0.776. The molecule has 0 amide bonds. The predicted molar refractivity (Wildman–Crippen MR) is 69.8 cm³/mol. The van der Waals surface area contributed by atoms with Crippen LogP contribution < -0.4 is 4.90 Å². The summed E-state index contributed by atoms with van der Waals surface area (Å²) in [7, 11) is 0. The maximum absolute atomic E-state index is 5.95. The van der Waals surface area contributed by atoms with Crippen molar-refractivity contribution in [3.63, 3.8) is 0 Å². The van der Waals surface area contributed by atoms with Gasteiger partial charge in [-0.15, -0.1) is 0 Å². The summed E-state index contributed by atoms with van der Waals surface area (Å²) >= 11 is 5.95. The molecular formula is C13H13ClN2O. The van der Waals surface area contributed by atoms with Crippen LogP contribution in [-0.4, -0.2) is 31.3 Å². The molecular weight excluding hydrogens is 236 g/mol. The van der Waals surface area contributed by atoms with E-state index in [9.17, 15) is 0 Å². The Balaban J connectivity index is 1.98. The molecule has 2 aromatic rings. The Bertz CT molecular complexity index is 538. The molecule has 0 spiro atoms. The van der Waals surface area contributed by atoms with Gasteiger partial charge in [0.25, 0.3) is 0 Å². The first-order valence-corrected chi connectivity index (χ1v) is 6.10. The molecule has 3 rings (SSSR count). The Morgan fingerprint density at radius 3 is 2.76 bits per heavy atom. The van der Waals surface area contributed by atoms with Crippen molar-refractivity contribution in [2.75, 3.05) is 31.2 Å². The second kappa shape index (κ2) is 4.51. The minimum absolute atomic E-state index is 0.749. The summed E-state index contributed by atoms with van der Waals surface area (Å²) in [5.74, 6) is 1.02. The van der Waals surface area contributed by atoms with Gasteiger partial charge in [0.05, 0.1) is 18.7 Å². The van der Waals surface area contributed by atoms with E-state index in [0.717, 1.165) is 48.0 Å². The van der Waals surface area contributed by atoms with E-state index in [1.54, 1.807) is 0 Å². The molecule has 3 nitrogen and oxygen atoms in total. The number of fused-ring (bicyclic) bond motifs is 1. The summed E-state index contributed by atoms with van der Waals surface area (Å²) in [6.45, 7) is 3.37. The summed E-state index contributed by atoms with van der Waals surface area (Å²) in [5.41, 5.74) is 0.985. The molecule has 0 saturated carbocycles. The number of benzene rings is 1. The molecule has 1 fully saturated rings. The molecule has 2 heterocycles. The van der Waals surface area contributed by atoms with Gasteiger partial charge >= 0.3 is 0 Å². The van der Waals surface area contributed by atoms with Crippen molar-refractivity contribution >= 4 is 28.3 Å². The van der Waals surface area contributed by atoms with Gasteiger partial charge < -0.3 is 9.64 Å². The van der Waals surface area contributed by atoms with Crippen LogP contribution in [0.1, 0.15) is 0 Å². The van der Waals surface area contributed by atoms with Crippen molar-refractivity contribution in [2.24, 2.45) is 0 Å². The number of hydrogen-bond acceptors (Lipinski definition) is 3. The number of pyridine rings is 1. The molecule has 0 N–H and O–H groups in total. The first kappa shape index (κ1) is 10.8. The maximum atomic E-state index is 5.95. The fourth-order valence-electron chi connectivity index (χ4n) is 2.05. The molecule has 1 aromatic carbocycles. The van der Waals surface area contributed by atoms with Gasteiger partial charge in [0.15, 0.2) is 0 Å². The van der Waals surface area contributed by atoms with E-state index in [0.29, 0.717) is 0 Å². The normalized spacial score (nSPS) is 16.4. The molecule has 0 bridgehead atoms. The highest BCUT2D eigenvalue weighted by Crippen LogP contribution is 2.21. The summed E-state index contributed by atoms with van der Waals surface area (Å²) in [4.78, 5) is 6.90. The van der Waals surface area contributed by atoms with Crippen LogP contribution in [0.5, 0.6) is 0 Å². The van der Waals surface area contributed by atoms with Gasteiger partial charge in [-0.05, 0) is 30.3 Å². The van der Waals surface area contributed by atoms with Crippen LogP contribution in [0.4, 0.5) is 5.82 Å². The Morgan fingerprint density at radius 2 is 1.94 bits per heavy atom. The molecule has 1 aliphatic heterocycles. The van der Waals surface area contributed by atoms with E-state index in [2.05, 4.69) is 16.0 Å². The zero-order chi connectivity index (χ0) is 11.7. The van der Waals surface area contributed by atoms with Crippen molar-refractivity contribution in [2.45, 2.75) is 0 Å². The molecule has 1 saturated heterocycles. The first-order valence-electron chi connectivity index (χ1n) is 5.72. The average molecular weight is 249 g/mol. The second-order valence-electron chi connectivity index (χ2n) is 4.11. The fourth-order valence-corrected chi connectivity index (χ4v) is 2.23. The third-order valence-electron chi connectivity index (χ3n) is 2.97. The van der Waals surface area contributed by atoms with E-state index in [1.807, 2.05) is 24.3 Å². The first-order chi connectivity index (χ1) is 8.33. The number of aromatic nitrogens is 1. The maximum Gasteiger partial charge on any atom is 0.129 e. The van der Waals surface area contributed by atoms with Gasteiger partial charge in [-0.1, -0.05) is 11.6 Å². The molecule has 0 unspecified atom stereocenters. The lowest BCUT2D eigenvalue weighted by atomic mass is 10.2. The minimum Gasteiger partial charge on any atom is -0.378 e. The van der Waals surface area contributed by atoms with Gasteiger partial charge in [0.1, 0.15) is 5.82 Å². The van der Waals surface area contributed by atoms with E-state index >= 15 is 0 Å². The van der Waals surface area contributed by atoms with Crippen LogP contribution >= 0.6 is 11.6 Å². The number of nitrogens with zero attached hydrogens (tertiary/aromatic N) is 2. The zero-order valence-electron chi connectivity index (χ0n) is 9.40. The molecule has 1 aromatic heterocycles. The van der Waals surface area contributed by atoms with E-state index in [-0.39, 0.29) is 0 Å². The van der Waals surface area contributed by atoms with E-state index < -0.39 is 0 Å². The monoisotopic (exact) mass is 248 g/mol. The highest BCUT2D eigenvalue weighted by atomic mass is 35.5. The van der Waals surface area contributed by atoms with E-state index in [4.69, 9.17) is 16.3 Å². The van der Waals surface area contributed by atoms with Crippen molar-refractivity contribution in [1.82, 2.24) is 4.98 Å². The highest BCUT2D eigenvalue weighted by Gasteiger charge is 2.12. The third-order valence-corrected chi connectivity index (χ3v) is 3.21. The van der Waals surface area contributed by atoms with Crippen molar-refractivity contribution in [3.8, 4) is 0 Å². The van der Waals surface area contributed by atoms with Crippen LogP contribution in [0.2, 0.25) is 5.02 Å². The molecule has 17 heavy (non-hydrogen) atoms. The Kier molecular flexibility index (Phi) is 2.87. The van der Waals surface area contributed by atoms with Crippen LogP contribution in [0.25, 0.3) is 10.9 Å². The molecule has 4 heteroatoms. The lowest BCUT2D eigenvalue weighted by Gasteiger charge is -2.27. The molecule has 0 radical (unpaired) electrons. The van der Waals surface area contributed by atoms with Crippen molar-refractivity contribution < 1.29 is 4.74 Å². The molecule has 1 aliphatic rings. The van der Waals surface area contributed by atoms with E-state index in [1.165, 1.54) is 0 Å². The summed E-state index contributed by atoms with van der Waals surface area (Å²) < 4.78 is 5.34. The average Bonchev–Trinajstić information content (AvgIpc) is 2.39. The van der Waals surface area contributed by atoms with Gasteiger partial charge in [0, 0.05) is 23.5 Å². The minimum atomic E-state index is 0.749. The smallest absolute Gasteiger partial charge is 0.129 e. The number of halogens is 1. The SMILES string of the molecule is Clc1ccc2nc(N3CCOCC3)ccc2c1. The van der Waals surface area contributed by atoms with Gasteiger partial charge in [-0.25, -0.2) is 4.98 Å². The summed E-state index contributed by atoms with van der Waals surface area (Å²) in [6.07, 6.45) is 0. The lowest BCUT2D eigenvalue weighted by Crippen LogP contribution is -2.36. The van der Waals surface area contributed by atoms with Crippen molar-refractivity contribution in [3.05, 3.63) is 35.4 Å². The van der Waals surface area contributed by atoms with Gasteiger partial charge in [-0.3, -0.25) is 0 Å². The fraction of sp³-hybridized carbons (Fsp3) is 0.308. The number of hydrogen-bond donors (Lipinski definition) is 0. The summed E-state index contributed by atoms with van der Waals surface area (Å²) in [5, 5.41) is 1.83. The Morgan fingerprint density at radius 1 is 1.12 bits per heavy atom. The largest absolute Gasteiger partial charge is 0.378 e. The molecule has 0 aliphatic carbocycles. The number of morpholine rings is 1. The predicted octanol–water partition coefficient (Wildman–Crippen LogP) is 2.72. The van der Waals surface area contributed by atoms with Gasteiger partial charge in [0.2, 0.25) is 0 Å². The topological polar surface area (TPSA) is 25.4 Å². The number of ether oxygens (including phenoxy) is 1. The Labute approximate surface area is 105 Å². The molecule has 88 valence electrons. The highest BCUT2D eigenvalue weighted by molar-refractivity contribution is 6.31. The Hall–Kier alpha value is -1.32. The third kappa shape index (κ3) is 2.21. The number of rotatable bonds is 1. The van der Waals surface area contributed by atoms with Crippen LogP contribution in [-0.2, 0) is 4.74 Å². The van der Waals surface area contributed by atoms with Crippen LogP contribution in [0.3, 0.4) is 0 Å². The molecule has 0 atom stereocenters. The second-order valence-corrected chi connectivity index (χ2v) is 4.54. The van der Waals surface area contributed by atoms with Gasteiger partial charge in [-0.2, -0.15) is 0 Å². The van der Waals surface area contributed by atoms with Crippen molar-refractivity contribution in [1.29, 1.82) is 0 Å². The standard InChI is InChI=1S/C13H13ClN2O/c14-11-2-3-12-10(9-11)1-4-13(15-12)16-5-7-17-8-6-16/h1-4,9H,5-8H2. The van der Waals surface area contributed by atoms with Crippen LogP contribution in [0, 0.1) is 0 Å². The lowest BCUT2D eigenvalue weighted by molar-refractivity contribution is 0.122. The zero-order valence-corrected chi connectivity index (χ0v) is 10.2. The van der Waals surface area contributed by atoms with Crippen LogP contribution in [0.15, 0.2) is 30.3 Å². The summed E-state index contributed by atoms with van der Waals surface area (Å²) in [6, 6.07) is 9.89. The number of anilines is 1.